The third-order valence-corrected chi connectivity index (χ3v) is 11.6. The highest BCUT2D eigenvalue weighted by atomic mass is 32.1. The van der Waals surface area contributed by atoms with Crippen LogP contribution in [0.25, 0.3) is 64.2 Å². The number of rotatable bonds is 5. The van der Waals surface area contributed by atoms with Crippen molar-refractivity contribution < 1.29 is 0 Å². The van der Waals surface area contributed by atoms with Gasteiger partial charge in [0.1, 0.15) is 0 Å². The second kappa shape index (κ2) is 12.2. The Balaban J connectivity index is 1.13. The highest BCUT2D eigenvalue weighted by Crippen LogP contribution is 2.46. The fourth-order valence-electron chi connectivity index (χ4n) is 7.78. The van der Waals surface area contributed by atoms with Crippen LogP contribution >= 0.6 is 11.3 Å². The predicted molar refractivity (Wildman–Crippen MR) is 221 cm³/mol. The van der Waals surface area contributed by atoms with Crippen LogP contribution in [0.1, 0.15) is 30.0 Å². The lowest BCUT2D eigenvalue weighted by Gasteiger charge is -2.31. The molecule has 2 aromatic heterocycles. The molecular formula is C48H33N3S. The molecule has 0 radical (unpaired) electrons. The zero-order valence-corrected chi connectivity index (χ0v) is 29.4. The van der Waals surface area contributed by atoms with Crippen LogP contribution in [-0.4, -0.2) is 16.5 Å². The average Bonchev–Trinajstić information content (AvgIpc) is 3.60. The second-order valence-corrected chi connectivity index (χ2v) is 14.8. The molecule has 10 rings (SSSR count). The fraction of sp³-hybridized carbons (Fsp3) is 0.0625. The summed E-state index contributed by atoms with van der Waals surface area (Å²) in [6.07, 6.45) is 0.731. The number of amidine groups is 1. The van der Waals surface area contributed by atoms with Crippen molar-refractivity contribution >= 4 is 64.7 Å². The standard InChI is InChI=1S/C48H33N3S/c1-48(37-17-6-3-7-18-37)30-41(32-14-4-2-5-15-32)50-47(51-48)34-26-24-33(25-27-34)45-46-44(39-19-10-11-22-42(39)52-46)43-38(20-12-21-40(43)49-45)36-28-23-31-13-8-9-16-35(31)29-36/h2-29H,30H2,1H3. The lowest BCUT2D eigenvalue weighted by molar-refractivity contribution is 0.515. The number of aliphatic imine (C=N–C) groups is 2. The Bertz CT molecular complexity index is 2870. The van der Waals surface area contributed by atoms with Gasteiger partial charge in [0.2, 0.25) is 0 Å². The number of aromatic nitrogens is 1. The SMILES string of the molecule is CC1(c2ccccc2)CC(c2ccccc2)=NC(c2ccc(-c3nc4cccc(-c5ccc6ccccc6c5)c4c4c3sc3ccccc34)cc2)=N1. The van der Waals surface area contributed by atoms with Gasteiger partial charge in [-0.15, -0.1) is 11.3 Å². The number of thiophene rings is 1. The van der Waals surface area contributed by atoms with Crippen molar-refractivity contribution in [1.82, 2.24) is 4.98 Å². The monoisotopic (exact) mass is 683 g/mol. The summed E-state index contributed by atoms with van der Waals surface area (Å²) in [5.74, 6) is 0.751. The Morgan fingerprint density at radius 3 is 2.08 bits per heavy atom. The first-order chi connectivity index (χ1) is 25.6. The van der Waals surface area contributed by atoms with Crippen molar-refractivity contribution in [3.8, 4) is 22.4 Å². The van der Waals surface area contributed by atoms with E-state index in [0.29, 0.717) is 0 Å². The summed E-state index contributed by atoms with van der Waals surface area (Å²) in [5.41, 5.74) is 9.39. The molecule has 3 heterocycles. The van der Waals surface area contributed by atoms with Gasteiger partial charge in [-0.2, -0.15) is 0 Å². The fourth-order valence-corrected chi connectivity index (χ4v) is 9.00. The normalized spacial score (nSPS) is 16.0. The molecule has 0 N–H and O–H groups in total. The summed E-state index contributed by atoms with van der Waals surface area (Å²) in [6.45, 7) is 2.22. The zero-order chi connectivity index (χ0) is 34.6. The second-order valence-electron chi connectivity index (χ2n) is 13.8. The molecule has 52 heavy (non-hydrogen) atoms. The quantitative estimate of drug-likeness (QED) is 0.178. The molecule has 3 nitrogen and oxygen atoms in total. The summed E-state index contributed by atoms with van der Waals surface area (Å²) in [7, 11) is 0. The molecule has 0 saturated heterocycles. The Morgan fingerprint density at radius 2 is 1.25 bits per heavy atom. The van der Waals surface area contributed by atoms with Crippen molar-refractivity contribution in [2.45, 2.75) is 18.9 Å². The van der Waals surface area contributed by atoms with E-state index in [1.54, 1.807) is 0 Å². The van der Waals surface area contributed by atoms with Gasteiger partial charge in [0.05, 0.1) is 27.2 Å². The van der Waals surface area contributed by atoms with E-state index in [2.05, 4.69) is 177 Å². The smallest absolute Gasteiger partial charge is 0.155 e. The van der Waals surface area contributed by atoms with Gasteiger partial charge in [-0.1, -0.05) is 152 Å². The van der Waals surface area contributed by atoms with Crippen molar-refractivity contribution in [1.29, 1.82) is 0 Å². The number of pyridine rings is 1. The minimum atomic E-state index is -0.436. The van der Waals surface area contributed by atoms with E-state index in [0.717, 1.165) is 45.9 Å². The van der Waals surface area contributed by atoms with Crippen LogP contribution in [0.4, 0.5) is 0 Å². The highest BCUT2D eigenvalue weighted by molar-refractivity contribution is 7.26. The molecule has 246 valence electrons. The first kappa shape index (κ1) is 30.6. The summed E-state index contributed by atoms with van der Waals surface area (Å²) in [4.78, 5) is 15.9. The molecule has 0 fully saturated rings. The molecule has 0 saturated carbocycles. The number of hydrogen-bond donors (Lipinski definition) is 0. The maximum absolute atomic E-state index is 5.43. The molecule has 1 atom stereocenters. The van der Waals surface area contributed by atoms with E-state index >= 15 is 0 Å². The van der Waals surface area contributed by atoms with Crippen LogP contribution in [0, 0.1) is 0 Å². The Kier molecular flexibility index (Phi) is 7.19. The van der Waals surface area contributed by atoms with Crippen LogP contribution < -0.4 is 0 Å². The summed E-state index contributed by atoms with van der Waals surface area (Å²) < 4.78 is 2.46. The Labute approximate surface area is 306 Å². The molecule has 4 heteroatoms. The minimum Gasteiger partial charge on any atom is -0.254 e. The Morgan fingerprint density at radius 1 is 0.558 bits per heavy atom. The van der Waals surface area contributed by atoms with Crippen molar-refractivity contribution in [2.75, 3.05) is 0 Å². The number of hydrogen-bond acceptors (Lipinski definition) is 4. The average molecular weight is 684 g/mol. The molecule has 9 aromatic rings. The van der Waals surface area contributed by atoms with Crippen molar-refractivity contribution in [3.05, 3.63) is 187 Å². The largest absolute Gasteiger partial charge is 0.254 e. The highest BCUT2D eigenvalue weighted by Gasteiger charge is 2.33. The molecular weight excluding hydrogens is 651 g/mol. The van der Waals surface area contributed by atoms with Gasteiger partial charge in [0.15, 0.2) is 5.84 Å². The molecule has 0 amide bonds. The summed E-state index contributed by atoms with van der Waals surface area (Å²) in [6, 6.07) is 60.4. The van der Waals surface area contributed by atoms with Crippen LogP contribution in [0.3, 0.4) is 0 Å². The lowest BCUT2D eigenvalue weighted by Crippen LogP contribution is -2.30. The molecule has 0 bridgehead atoms. The van der Waals surface area contributed by atoms with E-state index in [-0.39, 0.29) is 0 Å². The molecule has 1 unspecified atom stereocenters. The summed E-state index contributed by atoms with van der Waals surface area (Å²) in [5, 5.41) is 6.21. The zero-order valence-electron chi connectivity index (χ0n) is 28.6. The van der Waals surface area contributed by atoms with Crippen LogP contribution in [0.2, 0.25) is 0 Å². The van der Waals surface area contributed by atoms with E-state index in [1.165, 1.54) is 53.0 Å². The predicted octanol–water partition coefficient (Wildman–Crippen LogP) is 12.6. The van der Waals surface area contributed by atoms with Gasteiger partial charge in [-0.25, -0.2) is 9.98 Å². The number of benzene rings is 7. The van der Waals surface area contributed by atoms with E-state index in [4.69, 9.17) is 15.0 Å². The van der Waals surface area contributed by atoms with Gasteiger partial charge >= 0.3 is 0 Å². The first-order valence-electron chi connectivity index (χ1n) is 17.7. The Hall–Kier alpha value is -6.23. The summed E-state index contributed by atoms with van der Waals surface area (Å²) >= 11 is 1.82. The van der Waals surface area contributed by atoms with Gasteiger partial charge in [-0.3, -0.25) is 4.99 Å². The molecule has 0 aliphatic carbocycles. The van der Waals surface area contributed by atoms with Crippen LogP contribution in [0.15, 0.2) is 180 Å². The molecule has 7 aromatic carbocycles. The van der Waals surface area contributed by atoms with Crippen LogP contribution in [0.5, 0.6) is 0 Å². The maximum Gasteiger partial charge on any atom is 0.155 e. The first-order valence-corrected chi connectivity index (χ1v) is 18.6. The van der Waals surface area contributed by atoms with Crippen molar-refractivity contribution in [3.63, 3.8) is 0 Å². The molecule has 0 spiro atoms. The van der Waals surface area contributed by atoms with Gasteiger partial charge in [-0.05, 0) is 58.1 Å². The molecule has 1 aliphatic heterocycles. The minimum absolute atomic E-state index is 0.436. The van der Waals surface area contributed by atoms with E-state index in [9.17, 15) is 0 Å². The molecule has 1 aliphatic rings. The topological polar surface area (TPSA) is 37.6 Å². The van der Waals surface area contributed by atoms with Crippen molar-refractivity contribution in [2.24, 2.45) is 9.98 Å². The number of nitrogens with zero attached hydrogens (tertiary/aromatic N) is 3. The lowest BCUT2D eigenvalue weighted by atomic mass is 9.84. The number of fused-ring (bicyclic) bond motifs is 6. The maximum atomic E-state index is 5.43. The van der Waals surface area contributed by atoms with Gasteiger partial charge in [0, 0.05) is 38.4 Å². The van der Waals surface area contributed by atoms with Crippen LogP contribution in [-0.2, 0) is 5.54 Å². The van der Waals surface area contributed by atoms with E-state index < -0.39 is 5.54 Å². The third-order valence-electron chi connectivity index (χ3n) is 10.4. The third kappa shape index (κ3) is 5.14. The van der Waals surface area contributed by atoms with Gasteiger partial charge < -0.3 is 0 Å². The van der Waals surface area contributed by atoms with Gasteiger partial charge in [0.25, 0.3) is 0 Å². The van der Waals surface area contributed by atoms with E-state index in [1.807, 2.05) is 11.3 Å².